The molecule has 0 saturated heterocycles. The summed E-state index contributed by atoms with van der Waals surface area (Å²) >= 11 is 5.78. The number of benzene rings is 4. The zero-order valence-corrected chi connectivity index (χ0v) is 31.2. The molecule has 4 aromatic carbocycles. The first-order chi connectivity index (χ1) is 26.5. The van der Waals surface area contributed by atoms with Crippen LogP contribution in [0.15, 0.2) is 84.9 Å². The van der Waals surface area contributed by atoms with Crippen molar-refractivity contribution in [2.75, 3.05) is 13.2 Å². The first-order valence-corrected chi connectivity index (χ1v) is 20.1. The van der Waals surface area contributed by atoms with Gasteiger partial charge in [0.2, 0.25) is 0 Å². The Bertz CT molecular complexity index is 2230. The van der Waals surface area contributed by atoms with Crippen LogP contribution in [0, 0.1) is 0 Å². The zero-order valence-electron chi connectivity index (χ0n) is 30.5. The van der Waals surface area contributed by atoms with Crippen LogP contribution in [0.5, 0.6) is 11.5 Å². The maximum atomic E-state index is 11.8. The second kappa shape index (κ2) is 14.7. The van der Waals surface area contributed by atoms with E-state index in [1.807, 2.05) is 42.5 Å². The van der Waals surface area contributed by atoms with Crippen LogP contribution in [-0.2, 0) is 13.1 Å². The Labute approximate surface area is 320 Å². The van der Waals surface area contributed by atoms with Crippen molar-refractivity contribution in [3.05, 3.63) is 107 Å². The third kappa shape index (κ3) is 6.16. The molecular formula is C46H45ClN2O5. The fraction of sp³-hybridized carbons (Fsp3) is 0.348. The van der Waals surface area contributed by atoms with Gasteiger partial charge in [-0.15, -0.1) is 0 Å². The predicted octanol–water partition coefficient (Wildman–Crippen LogP) is 11.6. The molecule has 2 aliphatic carbocycles. The molecule has 0 radical (unpaired) electrons. The summed E-state index contributed by atoms with van der Waals surface area (Å²) in [4.78, 5) is 23.3. The zero-order chi connectivity index (χ0) is 36.8. The lowest BCUT2D eigenvalue weighted by Crippen LogP contribution is -2.07. The van der Waals surface area contributed by atoms with E-state index in [1.54, 1.807) is 6.07 Å². The molecule has 7 nitrogen and oxygen atoms in total. The lowest BCUT2D eigenvalue weighted by Gasteiger charge is -2.23. The number of aromatic carboxylic acids is 1. The number of fused-ring (bicyclic) bond motifs is 10. The molecule has 4 heterocycles. The van der Waals surface area contributed by atoms with E-state index in [4.69, 9.17) is 21.1 Å². The second-order valence-electron chi connectivity index (χ2n) is 15.2. The molecule has 0 spiro atoms. The van der Waals surface area contributed by atoms with Crippen molar-refractivity contribution >= 4 is 44.6 Å². The highest BCUT2D eigenvalue weighted by Gasteiger charge is 2.31. The summed E-state index contributed by atoms with van der Waals surface area (Å²) in [6.45, 7) is 2.72. The van der Waals surface area contributed by atoms with Crippen LogP contribution in [0.2, 0.25) is 0 Å². The standard InChI is InChI=1S/C23H22ClNO2.C23H23NO3/c24-23(26)16-10-11-17-19(14-16)25-12-13-27-20-9-5-4-8-18(20)22(25)21(17)15-6-2-1-3-7-15;25-23(26)16-10-11-17-19(14-16)24-12-13-27-20-9-5-4-8-18(20)22(24)21(17)15-6-2-1-3-7-15/h4-5,8-11,14-15H,1-3,6-7,12-13H2;4-5,8-11,14-15H,1-3,6-7,12-13H2,(H,25,26). The highest BCUT2D eigenvalue weighted by Crippen LogP contribution is 2.49. The lowest BCUT2D eigenvalue weighted by atomic mass is 9.81. The van der Waals surface area contributed by atoms with Gasteiger partial charge in [0.05, 0.1) is 30.0 Å². The molecule has 2 aliphatic heterocycles. The number of halogens is 1. The third-order valence-electron chi connectivity index (χ3n) is 12.1. The van der Waals surface area contributed by atoms with E-state index in [9.17, 15) is 14.7 Å². The van der Waals surface area contributed by atoms with Crippen molar-refractivity contribution < 1.29 is 24.2 Å². The summed E-state index contributed by atoms with van der Waals surface area (Å²) in [6, 6.07) is 28.1. The Morgan fingerprint density at radius 3 is 1.50 bits per heavy atom. The highest BCUT2D eigenvalue weighted by atomic mass is 35.5. The fourth-order valence-electron chi connectivity index (χ4n) is 9.73. The summed E-state index contributed by atoms with van der Waals surface area (Å²) in [5.41, 5.74) is 10.6. The monoisotopic (exact) mass is 740 g/mol. The molecule has 0 amide bonds. The maximum absolute atomic E-state index is 11.8. The van der Waals surface area contributed by atoms with Gasteiger partial charge in [-0.3, -0.25) is 4.79 Å². The van der Waals surface area contributed by atoms with Gasteiger partial charge in [-0.25, -0.2) is 4.79 Å². The summed E-state index contributed by atoms with van der Waals surface area (Å²) in [7, 11) is 0. The minimum absolute atomic E-state index is 0.344. The number of carbonyl (C=O) groups is 2. The number of aromatic nitrogens is 2. The number of ether oxygens (including phenoxy) is 2. The van der Waals surface area contributed by atoms with E-state index in [0.717, 1.165) is 46.7 Å². The minimum atomic E-state index is -0.878. The molecule has 0 unspecified atom stereocenters. The topological polar surface area (TPSA) is 82.7 Å². The Hall–Kier alpha value is -5.01. The van der Waals surface area contributed by atoms with Crippen molar-refractivity contribution in [2.24, 2.45) is 0 Å². The number of carboxylic acid groups (broad SMARTS) is 1. The number of hydrogen-bond donors (Lipinski definition) is 1. The van der Waals surface area contributed by atoms with E-state index >= 15 is 0 Å². The van der Waals surface area contributed by atoms with Crippen molar-refractivity contribution in [3.63, 3.8) is 0 Å². The number of nitrogens with zero attached hydrogens (tertiary/aromatic N) is 2. The summed E-state index contributed by atoms with van der Waals surface area (Å²) < 4.78 is 16.7. The summed E-state index contributed by atoms with van der Waals surface area (Å²) in [6.07, 6.45) is 12.6. The Kier molecular flexibility index (Phi) is 9.44. The largest absolute Gasteiger partial charge is 0.491 e. The van der Waals surface area contributed by atoms with Gasteiger partial charge < -0.3 is 23.7 Å². The predicted molar refractivity (Wildman–Crippen MR) is 215 cm³/mol. The van der Waals surface area contributed by atoms with Gasteiger partial charge in [0, 0.05) is 38.5 Å². The third-order valence-corrected chi connectivity index (χ3v) is 12.4. The van der Waals surface area contributed by atoms with Crippen molar-refractivity contribution in [2.45, 2.75) is 89.1 Å². The highest BCUT2D eigenvalue weighted by molar-refractivity contribution is 6.67. The first-order valence-electron chi connectivity index (χ1n) is 19.7. The van der Waals surface area contributed by atoms with Gasteiger partial charge in [0.15, 0.2) is 0 Å². The van der Waals surface area contributed by atoms with Gasteiger partial charge >= 0.3 is 5.97 Å². The SMILES string of the molecule is O=C(Cl)c1ccc2c(C3CCCCC3)c3n(c2c1)CCOc1ccccc1-3.O=C(O)c1ccc2c(C3CCCCC3)c3n(c2c1)CCOc1ccccc1-3. The van der Waals surface area contributed by atoms with Gasteiger partial charge in [-0.2, -0.15) is 0 Å². The van der Waals surface area contributed by atoms with Crippen molar-refractivity contribution in [3.8, 4) is 34.0 Å². The van der Waals surface area contributed by atoms with Crippen LogP contribution in [0.1, 0.15) is 108 Å². The Morgan fingerprint density at radius 2 is 1.04 bits per heavy atom. The minimum Gasteiger partial charge on any atom is -0.491 e. The summed E-state index contributed by atoms with van der Waals surface area (Å²) in [5, 5.41) is 11.5. The molecule has 6 aromatic rings. The van der Waals surface area contributed by atoms with E-state index in [-0.39, 0.29) is 0 Å². The van der Waals surface area contributed by atoms with Crippen molar-refractivity contribution in [1.82, 2.24) is 9.13 Å². The number of para-hydroxylation sites is 2. The van der Waals surface area contributed by atoms with Crippen LogP contribution < -0.4 is 9.47 Å². The molecule has 2 saturated carbocycles. The van der Waals surface area contributed by atoms with Crippen LogP contribution in [-0.4, -0.2) is 38.7 Å². The number of carbonyl (C=O) groups excluding carboxylic acids is 1. The number of carboxylic acids is 1. The first kappa shape index (κ1) is 34.7. The Morgan fingerprint density at radius 1 is 0.593 bits per heavy atom. The molecular weight excluding hydrogens is 696 g/mol. The fourth-order valence-corrected chi connectivity index (χ4v) is 9.85. The van der Waals surface area contributed by atoms with Gasteiger partial charge in [-0.1, -0.05) is 74.9 Å². The normalized spacial score (nSPS) is 17.1. The van der Waals surface area contributed by atoms with Crippen LogP contribution in [0.25, 0.3) is 44.3 Å². The average molecular weight is 741 g/mol. The molecule has 2 aromatic heterocycles. The van der Waals surface area contributed by atoms with E-state index < -0.39 is 11.2 Å². The lowest BCUT2D eigenvalue weighted by molar-refractivity contribution is 0.0696. The Balaban J connectivity index is 0.000000142. The van der Waals surface area contributed by atoms with Gasteiger partial charge in [0.25, 0.3) is 5.24 Å². The van der Waals surface area contributed by atoms with E-state index in [2.05, 4.69) is 45.5 Å². The average Bonchev–Trinajstić information content (AvgIpc) is 3.53. The maximum Gasteiger partial charge on any atom is 0.335 e. The van der Waals surface area contributed by atoms with Crippen LogP contribution in [0.3, 0.4) is 0 Å². The van der Waals surface area contributed by atoms with Crippen molar-refractivity contribution in [1.29, 1.82) is 0 Å². The quantitative estimate of drug-likeness (QED) is 0.182. The molecule has 2 fully saturated rings. The number of hydrogen-bond acceptors (Lipinski definition) is 4. The smallest absolute Gasteiger partial charge is 0.335 e. The molecule has 8 heteroatoms. The van der Waals surface area contributed by atoms with E-state index in [0.29, 0.717) is 36.2 Å². The van der Waals surface area contributed by atoms with Crippen LogP contribution in [0.4, 0.5) is 0 Å². The van der Waals surface area contributed by atoms with Gasteiger partial charge in [0.1, 0.15) is 24.7 Å². The molecule has 276 valence electrons. The molecule has 10 rings (SSSR count). The molecule has 0 atom stereocenters. The van der Waals surface area contributed by atoms with E-state index in [1.165, 1.54) is 97.5 Å². The molecule has 0 bridgehead atoms. The summed E-state index contributed by atoms with van der Waals surface area (Å²) in [5.74, 6) is 2.08. The van der Waals surface area contributed by atoms with Crippen LogP contribution >= 0.6 is 11.6 Å². The second-order valence-corrected chi connectivity index (χ2v) is 15.6. The molecule has 54 heavy (non-hydrogen) atoms. The molecule has 4 aliphatic rings. The molecule has 1 N–H and O–H groups in total. The van der Waals surface area contributed by atoms with Gasteiger partial charge in [-0.05, 0) is 109 Å². The number of rotatable bonds is 4.